The SMILES string of the molecule is CCOC(=O)CC(C)c1c[nH]c2cccc(Cl)c12. The van der Waals surface area contributed by atoms with Gasteiger partial charge in [0.1, 0.15) is 0 Å². The van der Waals surface area contributed by atoms with E-state index in [1.165, 1.54) is 0 Å². The largest absolute Gasteiger partial charge is 0.466 e. The first-order valence-corrected chi connectivity index (χ1v) is 6.42. The molecule has 0 aliphatic heterocycles. The molecule has 4 heteroatoms. The number of ether oxygens (including phenoxy) is 1. The predicted molar refractivity (Wildman–Crippen MR) is 73.0 cm³/mol. The molecule has 0 saturated carbocycles. The molecule has 0 radical (unpaired) electrons. The Labute approximate surface area is 111 Å². The number of halogens is 1. The van der Waals surface area contributed by atoms with E-state index in [4.69, 9.17) is 16.3 Å². The van der Waals surface area contributed by atoms with Crippen LogP contribution in [0.15, 0.2) is 24.4 Å². The quantitative estimate of drug-likeness (QED) is 0.853. The van der Waals surface area contributed by atoms with Crippen LogP contribution >= 0.6 is 11.6 Å². The summed E-state index contributed by atoms with van der Waals surface area (Å²) in [5, 5.41) is 1.70. The van der Waals surface area contributed by atoms with Gasteiger partial charge in [0.15, 0.2) is 0 Å². The third-order valence-electron chi connectivity index (χ3n) is 2.99. The van der Waals surface area contributed by atoms with Gasteiger partial charge in [-0.05, 0) is 30.5 Å². The fourth-order valence-corrected chi connectivity index (χ4v) is 2.42. The van der Waals surface area contributed by atoms with E-state index in [0.29, 0.717) is 18.1 Å². The lowest BCUT2D eigenvalue weighted by molar-refractivity contribution is -0.143. The van der Waals surface area contributed by atoms with Gasteiger partial charge in [0.05, 0.1) is 18.1 Å². The van der Waals surface area contributed by atoms with Crippen molar-refractivity contribution >= 4 is 28.5 Å². The zero-order valence-electron chi connectivity index (χ0n) is 10.5. The van der Waals surface area contributed by atoms with E-state index in [2.05, 4.69) is 4.98 Å². The molecule has 1 N–H and O–H groups in total. The maximum Gasteiger partial charge on any atom is 0.306 e. The normalized spacial score (nSPS) is 12.6. The Morgan fingerprint density at radius 3 is 3.00 bits per heavy atom. The molecule has 96 valence electrons. The minimum absolute atomic E-state index is 0.0812. The molecule has 18 heavy (non-hydrogen) atoms. The summed E-state index contributed by atoms with van der Waals surface area (Å²) in [6.45, 7) is 4.23. The zero-order valence-corrected chi connectivity index (χ0v) is 11.3. The number of rotatable bonds is 4. The summed E-state index contributed by atoms with van der Waals surface area (Å²) in [5.41, 5.74) is 2.05. The number of hydrogen-bond acceptors (Lipinski definition) is 2. The highest BCUT2D eigenvalue weighted by molar-refractivity contribution is 6.35. The highest BCUT2D eigenvalue weighted by Crippen LogP contribution is 2.32. The van der Waals surface area contributed by atoms with Crippen LogP contribution in [-0.4, -0.2) is 17.6 Å². The lowest BCUT2D eigenvalue weighted by Gasteiger charge is -2.10. The van der Waals surface area contributed by atoms with Gasteiger partial charge in [0.2, 0.25) is 0 Å². The lowest BCUT2D eigenvalue weighted by atomic mass is 9.97. The number of aromatic nitrogens is 1. The maximum atomic E-state index is 11.5. The number of aromatic amines is 1. The van der Waals surface area contributed by atoms with Gasteiger partial charge in [-0.2, -0.15) is 0 Å². The minimum atomic E-state index is -0.175. The number of fused-ring (bicyclic) bond motifs is 1. The predicted octanol–water partition coefficient (Wildman–Crippen LogP) is 3.88. The molecule has 0 amide bonds. The summed E-state index contributed by atoms with van der Waals surface area (Å²) in [4.78, 5) is 14.7. The minimum Gasteiger partial charge on any atom is -0.466 e. The Bertz CT molecular complexity index is 562. The first-order valence-electron chi connectivity index (χ1n) is 6.04. The van der Waals surface area contributed by atoms with E-state index in [9.17, 15) is 4.79 Å². The third-order valence-corrected chi connectivity index (χ3v) is 3.31. The number of carbonyl (C=O) groups excluding carboxylic acids is 1. The van der Waals surface area contributed by atoms with Gasteiger partial charge < -0.3 is 9.72 Å². The number of H-pyrrole nitrogens is 1. The molecule has 0 saturated heterocycles. The molecule has 2 rings (SSSR count). The second-order valence-corrected chi connectivity index (χ2v) is 4.72. The maximum absolute atomic E-state index is 11.5. The Kier molecular flexibility index (Phi) is 3.92. The molecule has 2 aromatic rings. The molecule has 1 aromatic carbocycles. The topological polar surface area (TPSA) is 42.1 Å². The van der Waals surface area contributed by atoms with Crippen LogP contribution in [0.5, 0.6) is 0 Å². The standard InChI is InChI=1S/C14H16ClNO2/c1-3-18-13(17)7-9(2)10-8-16-12-6-4-5-11(15)14(10)12/h4-6,8-9,16H,3,7H2,1-2H3. The molecular formula is C14H16ClNO2. The van der Waals surface area contributed by atoms with Crippen LogP contribution in [0.25, 0.3) is 10.9 Å². The van der Waals surface area contributed by atoms with Crippen molar-refractivity contribution in [1.29, 1.82) is 0 Å². The summed E-state index contributed by atoms with van der Waals surface area (Å²) >= 11 is 6.21. The average molecular weight is 266 g/mol. The smallest absolute Gasteiger partial charge is 0.306 e. The Morgan fingerprint density at radius 2 is 2.28 bits per heavy atom. The molecule has 0 bridgehead atoms. The lowest BCUT2D eigenvalue weighted by Crippen LogP contribution is -2.08. The van der Waals surface area contributed by atoms with Crippen LogP contribution in [0.2, 0.25) is 5.02 Å². The summed E-state index contributed by atoms with van der Waals surface area (Å²) in [6, 6.07) is 5.74. The Balaban J connectivity index is 2.28. The van der Waals surface area contributed by atoms with Gasteiger partial charge in [-0.15, -0.1) is 0 Å². The van der Waals surface area contributed by atoms with Crippen molar-refractivity contribution in [3.63, 3.8) is 0 Å². The summed E-state index contributed by atoms with van der Waals surface area (Å²) in [6.07, 6.45) is 2.28. The first-order chi connectivity index (χ1) is 8.63. The van der Waals surface area contributed by atoms with E-state index >= 15 is 0 Å². The van der Waals surface area contributed by atoms with E-state index < -0.39 is 0 Å². The molecule has 1 heterocycles. The molecule has 0 aliphatic carbocycles. The van der Waals surface area contributed by atoms with Gasteiger partial charge >= 0.3 is 5.97 Å². The molecule has 0 aliphatic rings. The molecule has 3 nitrogen and oxygen atoms in total. The van der Waals surface area contributed by atoms with Crippen molar-refractivity contribution in [2.45, 2.75) is 26.2 Å². The van der Waals surface area contributed by atoms with Crippen LogP contribution < -0.4 is 0 Å². The van der Waals surface area contributed by atoms with Crippen LogP contribution in [0, 0.1) is 0 Å². The summed E-state index contributed by atoms with van der Waals surface area (Å²) in [5.74, 6) is -0.0934. The molecule has 1 atom stereocenters. The van der Waals surface area contributed by atoms with Crippen LogP contribution in [0.4, 0.5) is 0 Å². The first kappa shape index (κ1) is 13.0. The molecule has 1 aromatic heterocycles. The highest BCUT2D eigenvalue weighted by Gasteiger charge is 2.17. The van der Waals surface area contributed by atoms with Crippen molar-refractivity contribution in [3.05, 3.63) is 35.0 Å². The van der Waals surface area contributed by atoms with Crippen molar-refractivity contribution in [1.82, 2.24) is 4.98 Å². The second-order valence-electron chi connectivity index (χ2n) is 4.32. The summed E-state index contributed by atoms with van der Waals surface area (Å²) < 4.78 is 4.97. The van der Waals surface area contributed by atoms with Crippen molar-refractivity contribution < 1.29 is 9.53 Å². The van der Waals surface area contributed by atoms with Gasteiger partial charge in [-0.1, -0.05) is 24.6 Å². The van der Waals surface area contributed by atoms with Crippen molar-refractivity contribution in [2.24, 2.45) is 0 Å². The molecular weight excluding hydrogens is 250 g/mol. The number of benzene rings is 1. The number of nitrogens with one attached hydrogen (secondary N) is 1. The highest BCUT2D eigenvalue weighted by atomic mass is 35.5. The van der Waals surface area contributed by atoms with Crippen molar-refractivity contribution in [2.75, 3.05) is 6.61 Å². The van der Waals surface area contributed by atoms with Crippen LogP contribution in [0.3, 0.4) is 0 Å². The second kappa shape index (κ2) is 5.44. The zero-order chi connectivity index (χ0) is 13.1. The number of carbonyl (C=O) groups is 1. The Morgan fingerprint density at radius 1 is 1.50 bits per heavy atom. The van der Waals surface area contributed by atoms with Crippen molar-refractivity contribution in [3.8, 4) is 0 Å². The summed E-state index contributed by atoms with van der Waals surface area (Å²) in [7, 11) is 0. The van der Waals surface area contributed by atoms with Gasteiger partial charge in [0.25, 0.3) is 0 Å². The van der Waals surface area contributed by atoms with E-state index in [0.717, 1.165) is 16.5 Å². The number of esters is 1. The fraction of sp³-hybridized carbons (Fsp3) is 0.357. The monoisotopic (exact) mass is 265 g/mol. The van der Waals surface area contributed by atoms with E-state index in [1.54, 1.807) is 0 Å². The van der Waals surface area contributed by atoms with Gasteiger partial charge in [-0.3, -0.25) is 4.79 Å². The van der Waals surface area contributed by atoms with Gasteiger partial charge in [0, 0.05) is 17.1 Å². The van der Waals surface area contributed by atoms with E-state index in [-0.39, 0.29) is 11.9 Å². The molecule has 0 spiro atoms. The fourth-order valence-electron chi connectivity index (χ4n) is 2.13. The van der Waals surface area contributed by atoms with Gasteiger partial charge in [-0.25, -0.2) is 0 Å². The molecule has 1 unspecified atom stereocenters. The van der Waals surface area contributed by atoms with E-state index in [1.807, 2.05) is 38.2 Å². The average Bonchev–Trinajstić information content (AvgIpc) is 2.74. The Hall–Kier alpha value is -1.48. The van der Waals surface area contributed by atoms with Crippen LogP contribution in [-0.2, 0) is 9.53 Å². The number of hydrogen-bond donors (Lipinski definition) is 1. The van der Waals surface area contributed by atoms with Crippen LogP contribution in [0.1, 0.15) is 31.7 Å². The third kappa shape index (κ3) is 2.51. The molecule has 0 fully saturated rings.